The van der Waals surface area contributed by atoms with Crippen LogP contribution in [0, 0.1) is 5.92 Å². The summed E-state index contributed by atoms with van der Waals surface area (Å²) >= 11 is 0. The minimum atomic E-state index is -3.49. The fraction of sp³-hybridized carbons (Fsp3) is 0.500. The van der Waals surface area contributed by atoms with Crippen LogP contribution in [0.4, 0.5) is 5.69 Å². The summed E-state index contributed by atoms with van der Waals surface area (Å²) in [5.74, 6) is 0.125. The highest BCUT2D eigenvalue weighted by atomic mass is 32.2. The number of nitrogens with one attached hydrogen (secondary N) is 1. The third-order valence-electron chi connectivity index (χ3n) is 3.13. The van der Waals surface area contributed by atoms with Gasteiger partial charge in [-0.05, 0) is 30.2 Å². The van der Waals surface area contributed by atoms with Crippen molar-refractivity contribution in [3.63, 3.8) is 0 Å². The Morgan fingerprint density at radius 2 is 1.95 bits per heavy atom. The third kappa shape index (κ3) is 4.03. The highest BCUT2D eigenvalue weighted by Gasteiger charge is 2.21. The zero-order chi connectivity index (χ0) is 15.5. The molecule has 0 bridgehead atoms. The molecule has 0 atom stereocenters. The van der Waals surface area contributed by atoms with Gasteiger partial charge in [-0.1, -0.05) is 13.8 Å². The van der Waals surface area contributed by atoms with E-state index in [1.807, 2.05) is 13.8 Å². The van der Waals surface area contributed by atoms with Gasteiger partial charge >= 0.3 is 0 Å². The maximum Gasteiger partial charge on any atom is 0.253 e. The van der Waals surface area contributed by atoms with Crippen molar-refractivity contribution in [3.8, 4) is 0 Å². The average molecular weight is 312 g/mol. The number of sulfonamides is 1. The first-order valence-electron chi connectivity index (χ1n) is 6.88. The molecule has 6 nitrogen and oxygen atoms in total. The lowest BCUT2D eigenvalue weighted by molar-refractivity contribution is -0.125. The van der Waals surface area contributed by atoms with Crippen molar-refractivity contribution in [2.45, 2.75) is 18.7 Å². The number of benzene rings is 1. The lowest BCUT2D eigenvalue weighted by Crippen LogP contribution is -2.41. The van der Waals surface area contributed by atoms with Crippen LogP contribution in [0.1, 0.15) is 13.8 Å². The molecule has 1 aliphatic heterocycles. The second kappa shape index (κ2) is 6.55. The molecule has 1 aromatic carbocycles. The van der Waals surface area contributed by atoms with Crippen molar-refractivity contribution in [1.82, 2.24) is 4.72 Å². The Hall–Kier alpha value is -1.44. The van der Waals surface area contributed by atoms with Gasteiger partial charge in [0.15, 0.2) is 0 Å². The highest BCUT2D eigenvalue weighted by Crippen LogP contribution is 2.19. The van der Waals surface area contributed by atoms with Gasteiger partial charge in [0.2, 0.25) is 10.0 Å². The van der Waals surface area contributed by atoms with Crippen LogP contribution in [0.3, 0.4) is 0 Å². The second-order valence-corrected chi connectivity index (χ2v) is 7.10. The average Bonchev–Trinajstić information content (AvgIpc) is 2.46. The molecule has 0 unspecified atom stereocenters. The number of morpholine rings is 1. The van der Waals surface area contributed by atoms with E-state index in [1.54, 1.807) is 17.0 Å². The first-order valence-corrected chi connectivity index (χ1v) is 8.36. The summed E-state index contributed by atoms with van der Waals surface area (Å²) in [6.45, 7) is 5.31. The Morgan fingerprint density at radius 3 is 2.52 bits per heavy atom. The molecule has 1 aromatic rings. The molecule has 2 rings (SSSR count). The van der Waals surface area contributed by atoms with E-state index in [-0.39, 0.29) is 23.3 Å². The summed E-state index contributed by atoms with van der Waals surface area (Å²) in [5, 5.41) is 0. The minimum absolute atomic E-state index is 0.0655. The molecule has 1 amide bonds. The topological polar surface area (TPSA) is 75.7 Å². The summed E-state index contributed by atoms with van der Waals surface area (Å²) in [7, 11) is -3.49. The van der Waals surface area contributed by atoms with Gasteiger partial charge in [-0.25, -0.2) is 13.1 Å². The van der Waals surface area contributed by atoms with Crippen molar-refractivity contribution in [1.29, 1.82) is 0 Å². The quantitative estimate of drug-likeness (QED) is 0.879. The molecule has 1 saturated heterocycles. The Labute approximate surface area is 125 Å². The number of ether oxygens (including phenoxy) is 1. The third-order valence-corrected chi connectivity index (χ3v) is 4.57. The molecule has 1 fully saturated rings. The number of hydrogen-bond donors (Lipinski definition) is 1. The van der Waals surface area contributed by atoms with E-state index >= 15 is 0 Å². The molecule has 0 radical (unpaired) electrons. The summed E-state index contributed by atoms with van der Waals surface area (Å²) in [4.78, 5) is 13.5. The number of nitrogens with zero attached hydrogens (tertiary/aromatic N) is 1. The van der Waals surface area contributed by atoms with E-state index in [4.69, 9.17) is 4.74 Å². The fourth-order valence-corrected chi connectivity index (χ4v) is 3.17. The normalized spacial score (nSPS) is 16.5. The number of carbonyl (C=O) groups excluding carboxylic acids is 1. The van der Waals surface area contributed by atoms with E-state index in [0.29, 0.717) is 25.4 Å². The van der Waals surface area contributed by atoms with Crippen LogP contribution in [-0.2, 0) is 19.6 Å². The van der Waals surface area contributed by atoms with E-state index in [9.17, 15) is 13.2 Å². The summed E-state index contributed by atoms with van der Waals surface area (Å²) < 4.78 is 31.8. The van der Waals surface area contributed by atoms with Crippen molar-refractivity contribution in [2.24, 2.45) is 5.92 Å². The summed E-state index contributed by atoms with van der Waals surface area (Å²) in [5.41, 5.74) is 0.686. The molecule has 1 N–H and O–H groups in total. The maximum absolute atomic E-state index is 12.1. The Morgan fingerprint density at radius 1 is 1.29 bits per heavy atom. The SMILES string of the molecule is CC(C)CNS(=O)(=O)c1ccc(N2CCOCC2=O)cc1. The van der Waals surface area contributed by atoms with Crippen LogP contribution in [0.15, 0.2) is 29.2 Å². The van der Waals surface area contributed by atoms with Crippen LogP contribution in [0.5, 0.6) is 0 Å². The molecule has 0 spiro atoms. The van der Waals surface area contributed by atoms with Gasteiger partial charge < -0.3 is 9.64 Å². The zero-order valence-electron chi connectivity index (χ0n) is 12.2. The Kier molecular flexibility index (Phi) is 4.97. The first-order chi connectivity index (χ1) is 9.90. The molecule has 0 aromatic heterocycles. The van der Waals surface area contributed by atoms with E-state index < -0.39 is 10.0 Å². The number of carbonyl (C=O) groups is 1. The number of hydrogen-bond acceptors (Lipinski definition) is 4. The lowest BCUT2D eigenvalue weighted by Gasteiger charge is -2.26. The lowest BCUT2D eigenvalue weighted by atomic mass is 10.2. The fourth-order valence-electron chi connectivity index (χ4n) is 1.96. The van der Waals surface area contributed by atoms with Crippen LogP contribution in [-0.4, -0.2) is 40.6 Å². The molecule has 1 heterocycles. The molecule has 1 aliphatic rings. The monoisotopic (exact) mass is 312 g/mol. The number of rotatable bonds is 5. The van der Waals surface area contributed by atoms with Gasteiger partial charge in [-0.15, -0.1) is 0 Å². The van der Waals surface area contributed by atoms with Gasteiger partial charge in [-0.3, -0.25) is 4.79 Å². The van der Waals surface area contributed by atoms with Crippen LogP contribution in [0.25, 0.3) is 0 Å². The molecular weight excluding hydrogens is 292 g/mol. The van der Waals surface area contributed by atoms with E-state index in [1.165, 1.54) is 12.1 Å². The second-order valence-electron chi connectivity index (χ2n) is 5.34. The van der Waals surface area contributed by atoms with Gasteiger partial charge in [-0.2, -0.15) is 0 Å². The van der Waals surface area contributed by atoms with Crippen molar-refractivity contribution in [3.05, 3.63) is 24.3 Å². The molecule has 0 saturated carbocycles. The Bertz CT molecular complexity index is 596. The Balaban J connectivity index is 2.13. The zero-order valence-corrected chi connectivity index (χ0v) is 13.0. The molecule has 21 heavy (non-hydrogen) atoms. The van der Waals surface area contributed by atoms with Crippen molar-refractivity contribution < 1.29 is 17.9 Å². The largest absolute Gasteiger partial charge is 0.370 e. The van der Waals surface area contributed by atoms with Gasteiger partial charge in [0, 0.05) is 18.8 Å². The van der Waals surface area contributed by atoms with E-state index in [2.05, 4.69) is 4.72 Å². The van der Waals surface area contributed by atoms with Crippen LogP contribution < -0.4 is 9.62 Å². The summed E-state index contributed by atoms with van der Waals surface area (Å²) in [6.07, 6.45) is 0. The predicted molar refractivity (Wildman–Crippen MR) is 79.6 cm³/mol. The van der Waals surface area contributed by atoms with Crippen molar-refractivity contribution >= 4 is 21.6 Å². The smallest absolute Gasteiger partial charge is 0.253 e. The molecule has 116 valence electrons. The molecule has 0 aliphatic carbocycles. The standard InChI is InChI=1S/C14H20N2O4S/c1-11(2)9-15-21(18,19)13-5-3-12(4-6-13)16-7-8-20-10-14(16)17/h3-6,11,15H,7-10H2,1-2H3. The predicted octanol–water partition coefficient (Wildman–Crippen LogP) is 0.984. The number of amides is 1. The van der Waals surface area contributed by atoms with Gasteiger partial charge in [0.05, 0.1) is 11.5 Å². The van der Waals surface area contributed by atoms with Crippen LogP contribution in [0.2, 0.25) is 0 Å². The van der Waals surface area contributed by atoms with E-state index in [0.717, 1.165) is 0 Å². The highest BCUT2D eigenvalue weighted by molar-refractivity contribution is 7.89. The van der Waals surface area contributed by atoms with Gasteiger partial charge in [0.25, 0.3) is 5.91 Å². The molecular formula is C14H20N2O4S. The van der Waals surface area contributed by atoms with Gasteiger partial charge in [0.1, 0.15) is 6.61 Å². The van der Waals surface area contributed by atoms with Crippen molar-refractivity contribution in [2.75, 3.05) is 31.2 Å². The van der Waals surface area contributed by atoms with Crippen LogP contribution >= 0.6 is 0 Å². The number of anilines is 1. The molecule has 7 heteroatoms. The minimum Gasteiger partial charge on any atom is -0.370 e. The summed E-state index contributed by atoms with van der Waals surface area (Å²) in [6, 6.07) is 6.32. The first kappa shape index (κ1) is 15.9. The maximum atomic E-state index is 12.1.